The summed E-state index contributed by atoms with van der Waals surface area (Å²) in [4.78, 5) is 8.52. The monoisotopic (exact) mass is 403 g/mol. The Labute approximate surface area is 166 Å². The first kappa shape index (κ1) is 18.9. The van der Waals surface area contributed by atoms with Crippen molar-refractivity contribution in [3.05, 3.63) is 59.4 Å². The van der Waals surface area contributed by atoms with Crippen LogP contribution in [-0.2, 0) is 6.18 Å². The van der Waals surface area contributed by atoms with E-state index in [0.29, 0.717) is 16.5 Å². The van der Waals surface area contributed by atoms with E-state index in [2.05, 4.69) is 10.3 Å². The lowest BCUT2D eigenvalue weighted by Gasteiger charge is -2.18. The summed E-state index contributed by atoms with van der Waals surface area (Å²) < 4.78 is 38.1. The van der Waals surface area contributed by atoms with Crippen molar-refractivity contribution in [1.29, 1.82) is 0 Å². The van der Waals surface area contributed by atoms with E-state index in [1.54, 1.807) is 0 Å². The average Bonchev–Trinajstić information content (AvgIpc) is 3.11. The maximum absolute atomic E-state index is 12.7. The molecule has 2 aromatic carbocycles. The van der Waals surface area contributed by atoms with Crippen LogP contribution in [0.3, 0.4) is 0 Å². The zero-order valence-electron chi connectivity index (χ0n) is 15.1. The normalized spacial score (nSPS) is 15.7. The summed E-state index contributed by atoms with van der Waals surface area (Å²) in [5, 5.41) is 3.10. The fraction of sp³-hybridized carbons (Fsp3) is 0.333. The van der Waals surface area contributed by atoms with Crippen molar-refractivity contribution >= 4 is 33.9 Å². The maximum atomic E-state index is 12.7. The summed E-state index contributed by atoms with van der Waals surface area (Å²) in [7, 11) is 0. The summed E-state index contributed by atoms with van der Waals surface area (Å²) >= 11 is 5.35. The highest BCUT2D eigenvalue weighted by Gasteiger charge is 2.30. The van der Waals surface area contributed by atoms with Crippen LogP contribution in [0, 0.1) is 0 Å². The summed E-state index contributed by atoms with van der Waals surface area (Å²) in [5.41, 5.74) is 2.47. The van der Waals surface area contributed by atoms with Gasteiger partial charge in [-0.2, -0.15) is 13.2 Å². The van der Waals surface area contributed by atoms with Gasteiger partial charge >= 0.3 is 6.18 Å². The molecule has 3 nitrogen and oxygen atoms in total. The van der Waals surface area contributed by atoms with Crippen molar-refractivity contribution in [2.24, 2.45) is 0 Å². The summed E-state index contributed by atoms with van der Waals surface area (Å²) in [6.07, 6.45) is 1.78. The fourth-order valence-electron chi connectivity index (χ4n) is 3.69. The first-order valence-corrected chi connectivity index (χ1v) is 9.79. The van der Waals surface area contributed by atoms with Gasteiger partial charge in [-0.25, -0.2) is 4.98 Å². The molecule has 0 unspecified atom stereocenters. The number of fused-ring (bicyclic) bond motifs is 1. The molecule has 0 bridgehead atoms. The van der Waals surface area contributed by atoms with Gasteiger partial charge in [-0.15, -0.1) is 0 Å². The summed E-state index contributed by atoms with van der Waals surface area (Å²) in [5.74, 6) is 1.53. The minimum absolute atomic E-state index is 0.375. The van der Waals surface area contributed by atoms with E-state index in [9.17, 15) is 13.2 Å². The Morgan fingerprint density at radius 1 is 1.04 bits per heavy atom. The number of nitrogens with one attached hydrogen (secondary N) is 2. The predicted molar refractivity (Wildman–Crippen MR) is 109 cm³/mol. The van der Waals surface area contributed by atoms with Gasteiger partial charge in [-0.1, -0.05) is 43.6 Å². The summed E-state index contributed by atoms with van der Waals surface area (Å²) in [6.45, 7) is 0. The third kappa shape index (κ3) is 4.04. The molecule has 1 saturated carbocycles. The van der Waals surface area contributed by atoms with Crippen LogP contribution in [0.4, 0.5) is 18.9 Å². The molecule has 1 heterocycles. The molecule has 1 aliphatic carbocycles. The lowest BCUT2D eigenvalue weighted by Crippen LogP contribution is -2.11. The zero-order chi connectivity index (χ0) is 19.7. The number of rotatable bonds is 3. The number of hydrogen-bond acceptors (Lipinski definition) is 2. The predicted octanol–water partition coefficient (Wildman–Crippen LogP) is 6.42. The van der Waals surface area contributed by atoms with Gasteiger partial charge in [-0.3, -0.25) is 0 Å². The first-order chi connectivity index (χ1) is 13.4. The molecule has 1 aliphatic rings. The van der Waals surface area contributed by atoms with Gasteiger partial charge in [0.05, 0.1) is 16.6 Å². The summed E-state index contributed by atoms with van der Waals surface area (Å²) in [6, 6.07) is 10.6. The van der Waals surface area contributed by atoms with Gasteiger partial charge in [0, 0.05) is 17.2 Å². The average molecular weight is 403 g/mol. The highest BCUT2D eigenvalue weighted by atomic mass is 32.1. The highest BCUT2D eigenvalue weighted by Crippen LogP contribution is 2.32. The second kappa shape index (κ2) is 7.54. The molecule has 0 atom stereocenters. The van der Waals surface area contributed by atoms with Crippen LogP contribution >= 0.6 is 12.2 Å². The molecule has 0 spiro atoms. The van der Waals surface area contributed by atoms with Crippen molar-refractivity contribution in [2.45, 2.75) is 44.2 Å². The number of imidazole rings is 1. The molecular weight excluding hydrogens is 383 g/mol. The molecule has 1 fully saturated rings. The standard InChI is InChI=1S/C21H20F3N3S/c22-21(23,24)15-8-6-14(7-9-15)20(28)25-16-10-11-17-18(12-16)27-19(26-17)13-4-2-1-3-5-13/h6-13H,1-5H2,(H,25,28)(H,26,27). The maximum Gasteiger partial charge on any atom is 0.416 e. The first-order valence-electron chi connectivity index (χ1n) is 9.38. The number of halogens is 3. The van der Waals surface area contributed by atoms with Gasteiger partial charge in [0.15, 0.2) is 0 Å². The molecule has 0 aliphatic heterocycles. The van der Waals surface area contributed by atoms with E-state index in [1.165, 1.54) is 44.2 Å². The molecule has 28 heavy (non-hydrogen) atoms. The van der Waals surface area contributed by atoms with Crippen molar-refractivity contribution < 1.29 is 13.2 Å². The van der Waals surface area contributed by atoms with Gasteiger partial charge < -0.3 is 10.3 Å². The van der Waals surface area contributed by atoms with Crippen LogP contribution < -0.4 is 5.32 Å². The number of anilines is 1. The number of hydrogen-bond donors (Lipinski definition) is 2. The smallest absolute Gasteiger partial charge is 0.346 e. The Kier molecular flexibility index (Phi) is 5.10. The molecule has 3 aromatic rings. The number of H-pyrrole nitrogens is 1. The SMILES string of the molecule is FC(F)(F)c1ccc(C(=S)Nc2ccc3nc(C4CCCCC4)[nH]c3c2)cc1. The minimum atomic E-state index is -4.35. The quantitative estimate of drug-likeness (QED) is 0.496. The Bertz CT molecular complexity index is 986. The van der Waals surface area contributed by atoms with E-state index in [0.717, 1.165) is 34.7 Å². The largest absolute Gasteiger partial charge is 0.416 e. The van der Waals surface area contributed by atoms with Crippen LogP contribution in [0.5, 0.6) is 0 Å². The molecular formula is C21H20F3N3S. The van der Waals surface area contributed by atoms with E-state index < -0.39 is 11.7 Å². The van der Waals surface area contributed by atoms with Gasteiger partial charge in [0.25, 0.3) is 0 Å². The molecule has 0 radical (unpaired) electrons. The van der Waals surface area contributed by atoms with Gasteiger partial charge in [-0.05, 0) is 43.2 Å². The third-order valence-corrected chi connectivity index (χ3v) is 5.56. The molecule has 2 N–H and O–H groups in total. The van der Waals surface area contributed by atoms with Crippen LogP contribution in [0.2, 0.25) is 0 Å². The van der Waals surface area contributed by atoms with E-state index in [4.69, 9.17) is 17.2 Å². The Morgan fingerprint density at radius 2 is 1.75 bits per heavy atom. The van der Waals surface area contributed by atoms with Crippen LogP contribution in [0.15, 0.2) is 42.5 Å². The molecule has 0 saturated heterocycles. The minimum Gasteiger partial charge on any atom is -0.346 e. The van der Waals surface area contributed by atoms with Gasteiger partial charge in [0.1, 0.15) is 10.8 Å². The Hall–Kier alpha value is -2.41. The van der Waals surface area contributed by atoms with Crippen molar-refractivity contribution in [1.82, 2.24) is 9.97 Å². The lowest BCUT2D eigenvalue weighted by atomic mass is 9.89. The third-order valence-electron chi connectivity index (χ3n) is 5.22. The van der Waals surface area contributed by atoms with Crippen LogP contribution in [0.1, 0.15) is 55.0 Å². The zero-order valence-corrected chi connectivity index (χ0v) is 16.0. The second-order valence-electron chi connectivity index (χ2n) is 7.22. The molecule has 4 rings (SSSR count). The number of alkyl halides is 3. The number of aromatic nitrogens is 2. The number of nitrogens with zero attached hydrogens (tertiary/aromatic N) is 1. The Morgan fingerprint density at radius 3 is 2.43 bits per heavy atom. The van der Waals surface area contributed by atoms with Crippen molar-refractivity contribution in [2.75, 3.05) is 5.32 Å². The molecule has 0 amide bonds. The number of aromatic amines is 1. The number of thiocarbonyl (C=S) groups is 1. The van der Waals surface area contributed by atoms with E-state index in [1.807, 2.05) is 18.2 Å². The molecule has 7 heteroatoms. The van der Waals surface area contributed by atoms with Gasteiger partial charge in [0.2, 0.25) is 0 Å². The van der Waals surface area contributed by atoms with Crippen LogP contribution in [-0.4, -0.2) is 15.0 Å². The topological polar surface area (TPSA) is 40.7 Å². The second-order valence-corrected chi connectivity index (χ2v) is 7.63. The van der Waals surface area contributed by atoms with Crippen molar-refractivity contribution in [3.63, 3.8) is 0 Å². The Balaban J connectivity index is 1.50. The molecule has 146 valence electrons. The van der Waals surface area contributed by atoms with Crippen LogP contribution in [0.25, 0.3) is 11.0 Å². The highest BCUT2D eigenvalue weighted by molar-refractivity contribution is 7.81. The van der Waals surface area contributed by atoms with E-state index >= 15 is 0 Å². The molecule has 1 aromatic heterocycles. The number of benzene rings is 2. The lowest BCUT2D eigenvalue weighted by molar-refractivity contribution is -0.137. The van der Waals surface area contributed by atoms with E-state index in [-0.39, 0.29) is 0 Å². The fourth-order valence-corrected chi connectivity index (χ4v) is 3.94. The van der Waals surface area contributed by atoms with Crippen molar-refractivity contribution in [3.8, 4) is 0 Å².